The molecule has 82 valence electrons. The minimum absolute atomic E-state index is 0.00852. The maximum atomic E-state index is 9.68. The molecule has 0 bridgehead atoms. The zero-order valence-corrected chi connectivity index (χ0v) is 9.53. The molecule has 0 saturated heterocycles. The van der Waals surface area contributed by atoms with Gasteiger partial charge in [-0.25, -0.2) is 0 Å². The van der Waals surface area contributed by atoms with Crippen LogP contribution in [0.4, 0.5) is 0 Å². The highest BCUT2D eigenvalue weighted by Gasteiger charge is 2.47. The van der Waals surface area contributed by atoms with E-state index in [2.05, 4.69) is 26.0 Å². The van der Waals surface area contributed by atoms with E-state index in [9.17, 15) is 5.11 Å². The molecule has 0 aromatic heterocycles. The molecule has 1 N–H and O–H groups in total. The number of benzene rings is 1. The largest absolute Gasteiger partial charge is 0.497 e. The molecular weight excluding hydrogens is 188 g/mol. The predicted molar refractivity (Wildman–Crippen MR) is 60.1 cm³/mol. The Morgan fingerprint density at radius 1 is 1.27 bits per heavy atom. The van der Waals surface area contributed by atoms with Crippen LogP contribution in [0.15, 0.2) is 24.3 Å². The Morgan fingerprint density at radius 2 is 1.87 bits per heavy atom. The second-order valence-corrected chi connectivity index (χ2v) is 4.90. The number of rotatable bonds is 2. The van der Waals surface area contributed by atoms with E-state index in [-0.39, 0.29) is 11.5 Å². The van der Waals surface area contributed by atoms with Crippen molar-refractivity contribution >= 4 is 0 Å². The van der Waals surface area contributed by atoms with Crippen LogP contribution in [0.2, 0.25) is 0 Å². The molecule has 2 heteroatoms. The summed E-state index contributed by atoms with van der Waals surface area (Å²) in [5, 5.41) is 9.68. The van der Waals surface area contributed by atoms with E-state index < -0.39 is 0 Å². The van der Waals surface area contributed by atoms with Gasteiger partial charge in [0.05, 0.1) is 13.2 Å². The van der Waals surface area contributed by atoms with E-state index in [1.54, 1.807) is 7.11 Å². The van der Waals surface area contributed by atoms with Crippen molar-refractivity contribution in [2.24, 2.45) is 5.41 Å². The van der Waals surface area contributed by atoms with Crippen molar-refractivity contribution in [3.8, 4) is 5.75 Å². The zero-order valence-electron chi connectivity index (χ0n) is 9.53. The van der Waals surface area contributed by atoms with Gasteiger partial charge in [0.15, 0.2) is 0 Å². The van der Waals surface area contributed by atoms with Gasteiger partial charge < -0.3 is 9.84 Å². The van der Waals surface area contributed by atoms with Gasteiger partial charge >= 0.3 is 0 Å². The number of aliphatic hydroxyl groups excluding tert-OH is 1. The third kappa shape index (κ3) is 1.63. The summed E-state index contributed by atoms with van der Waals surface area (Å²) in [7, 11) is 1.67. The third-order valence-corrected chi connectivity index (χ3v) is 3.73. The van der Waals surface area contributed by atoms with Gasteiger partial charge in [-0.15, -0.1) is 0 Å². The van der Waals surface area contributed by atoms with Gasteiger partial charge in [0, 0.05) is 0 Å². The van der Waals surface area contributed by atoms with Crippen LogP contribution in [-0.2, 0) is 0 Å². The molecule has 2 nitrogen and oxygen atoms in total. The summed E-state index contributed by atoms with van der Waals surface area (Å²) in [6, 6.07) is 8.15. The summed E-state index contributed by atoms with van der Waals surface area (Å²) in [6.45, 7) is 4.24. The molecule has 1 aromatic rings. The Hall–Kier alpha value is -1.02. The van der Waals surface area contributed by atoms with Crippen molar-refractivity contribution in [3.63, 3.8) is 0 Å². The minimum Gasteiger partial charge on any atom is -0.497 e. The molecule has 15 heavy (non-hydrogen) atoms. The van der Waals surface area contributed by atoms with Crippen LogP contribution in [0.1, 0.15) is 31.7 Å². The van der Waals surface area contributed by atoms with Crippen molar-refractivity contribution in [1.29, 1.82) is 0 Å². The van der Waals surface area contributed by atoms with Gasteiger partial charge in [0.1, 0.15) is 5.75 Å². The number of hydrogen-bond acceptors (Lipinski definition) is 2. The second-order valence-electron chi connectivity index (χ2n) is 4.90. The molecule has 0 amide bonds. The third-order valence-electron chi connectivity index (χ3n) is 3.73. The minimum atomic E-state index is -0.162. The van der Waals surface area contributed by atoms with Crippen molar-refractivity contribution in [2.45, 2.75) is 32.3 Å². The maximum Gasteiger partial charge on any atom is 0.118 e. The molecule has 2 atom stereocenters. The van der Waals surface area contributed by atoms with Crippen LogP contribution in [0.25, 0.3) is 0 Å². The zero-order chi connectivity index (χ0) is 11.1. The second kappa shape index (κ2) is 3.53. The molecule has 0 heterocycles. The van der Waals surface area contributed by atoms with Crippen LogP contribution in [0.3, 0.4) is 0 Å². The number of aliphatic hydroxyl groups is 1. The van der Waals surface area contributed by atoms with Crippen molar-refractivity contribution in [2.75, 3.05) is 7.11 Å². The average molecular weight is 206 g/mol. The highest BCUT2D eigenvalue weighted by Crippen LogP contribution is 2.52. The van der Waals surface area contributed by atoms with Gasteiger partial charge in [0.25, 0.3) is 0 Å². The van der Waals surface area contributed by atoms with Crippen LogP contribution >= 0.6 is 0 Å². The predicted octanol–water partition coefficient (Wildman–Crippen LogP) is 2.57. The molecule has 1 aromatic carbocycles. The standard InChI is InChI=1S/C13H18O2/c1-13(2)11(8-12(13)14)9-4-6-10(15-3)7-5-9/h4-7,11-12,14H,8H2,1-3H3. The summed E-state index contributed by atoms with van der Waals surface area (Å²) < 4.78 is 5.12. The van der Waals surface area contributed by atoms with E-state index in [4.69, 9.17) is 4.74 Å². The van der Waals surface area contributed by atoms with Gasteiger partial charge in [0.2, 0.25) is 0 Å². The Bertz CT molecular complexity index is 340. The van der Waals surface area contributed by atoms with Crippen LogP contribution in [-0.4, -0.2) is 18.3 Å². The van der Waals surface area contributed by atoms with E-state index in [0.717, 1.165) is 12.2 Å². The number of methoxy groups -OCH3 is 1. The first-order valence-electron chi connectivity index (χ1n) is 5.37. The average Bonchev–Trinajstić information content (AvgIpc) is 2.26. The van der Waals surface area contributed by atoms with Gasteiger partial charge in [-0.2, -0.15) is 0 Å². The lowest BCUT2D eigenvalue weighted by atomic mass is 9.58. The van der Waals surface area contributed by atoms with Crippen LogP contribution in [0, 0.1) is 5.41 Å². The van der Waals surface area contributed by atoms with Gasteiger partial charge in [-0.3, -0.25) is 0 Å². The Balaban J connectivity index is 2.18. The topological polar surface area (TPSA) is 29.5 Å². The normalized spacial score (nSPS) is 28.3. The lowest BCUT2D eigenvalue weighted by Gasteiger charge is -2.49. The molecular formula is C13H18O2. The van der Waals surface area contributed by atoms with Crippen LogP contribution in [0.5, 0.6) is 5.75 Å². The fourth-order valence-electron chi connectivity index (χ4n) is 2.30. The van der Waals surface area contributed by atoms with E-state index >= 15 is 0 Å². The Labute approximate surface area is 90.9 Å². The molecule has 1 aliphatic rings. The maximum absolute atomic E-state index is 9.68. The number of ether oxygens (including phenoxy) is 1. The quantitative estimate of drug-likeness (QED) is 0.805. The lowest BCUT2D eigenvalue weighted by molar-refractivity contribution is -0.0625. The molecule has 0 aliphatic heterocycles. The molecule has 0 radical (unpaired) electrons. The monoisotopic (exact) mass is 206 g/mol. The molecule has 2 rings (SSSR count). The van der Waals surface area contributed by atoms with Crippen LogP contribution < -0.4 is 4.74 Å². The summed E-state index contributed by atoms with van der Waals surface area (Å²) in [5.41, 5.74) is 1.31. The van der Waals surface area contributed by atoms with E-state index in [1.807, 2.05) is 12.1 Å². The van der Waals surface area contributed by atoms with Crippen molar-refractivity contribution in [1.82, 2.24) is 0 Å². The highest BCUT2D eigenvalue weighted by atomic mass is 16.5. The fraction of sp³-hybridized carbons (Fsp3) is 0.538. The Morgan fingerprint density at radius 3 is 2.27 bits per heavy atom. The summed E-state index contributed by atoms with van der Waals surface area (Å²) in [6.07, 6.45) is 0.712. The first kappa shape index (κ1) is 10.5. The first-order valence-corrected chi connectivity index (χ1v) is 5.37. The summed E-state index contributed by atoms with van der Waals surface area (Å²) in [4.78, 5) is 0. The van der Waals surface area contributed by atoms with Gasteiger partial charge in [-0.1, -0.05) is 26.0 Å². The molecule has 1 fully saturated rings. The van der Waals surface area contributed by atoms with Crippen molar-refractivity contribution in [3.05, 3.63) is 29.8 Å². The number of hydrogen-bond donors (Lipinski definition) is 1. The Kier molecular flexibility index (Phi) is 2.47. The van der Waals surface area contributed by atoms with Gasteiger partial charge in [-0.05, 0) is 35.4 Å². The fourth-order valence-corrected chi connectivity index (χ4v) is 2.30. The molecule has 1 aliphatic carbocycles. The lowest BCUT2D eigenvalue weighted by Crippen LogP contribution is -2.47. The van der Waals surface area contributed by atoms with E-state index in [1.165, 1.54) is 5.56 Å². The SMILES string of the molecule is COc1ccc(C2CC(O)C2(C)C)cc1. The summed E-state index contributed by atoms with van der Waals surface area (Å²) in [5.74, 6) is 1.36. The first-order chi connectivity index (χ1) is 7.05. The highest BCUT2D eigenvalue weighted by molar-refractivity contribution is 5.32. The van der Waals surface area contributed by atoms with Crippen molar-refractivity contribution < 1.29 is 9.84 Å². The molecule has 1 saturated carbocycles. The molecule has 0 spiro atoms. The smallest absolute Gasteiger partial charge is 0.118 e. The summed E-state index contributed by atoms with van der Waals surface area (Å²) >= 11 is 0. The van der Waals surface area contributed by atoms with E-state index in [0.29, 0.717) is 5.92 Å². The molecule has 2 unspecified atom stereocenters.